The highest BCUT2D eigenvalue weighted by Gasteiger charge is 2.19. The van der Waals surface area contributed by atoms with Gasteiger partial charge in [0.25, 0.3) is 5.91 Å². The molecule has 2 rings (SSSR count). The number of amides is 2. The van der Waals surface area contributed by atoms with Crippen molar-refractivity contribution in [3.05, 3.63) is 53.8 Å². The monoisotopic (exact) mass is 368 g/mol. The van der Waals surface area contributed by atoms with E-state index in [4.69, 9.17) is 4.74 Å². The van der Waals surface area contributed by atoms with E-state index < -0.39 is 41.2 Å². The number of carbonyl (C=O) groups is 2. The second-order valence-electron chi connectivity index (χ2n) is 5.11. The van der Waals surface area contributed by atoms with Crippen LogP contribution in [0.3, 0.4) is 0 Å². The first kappa shape index (κ1) is 19.1. The van der Waals surface area contributed by atoms with Crippen molar-refractivity contribution in [2.45, 2.75) is 13.0 Å². The summed E-state index contributed by atoms with van der Waals surface area (Å²) in [6.07, 6.45) is -1.69. The van der Waals surface area contributed by atoms with Crippen molar-refractivity contribution in [3.63, 3.8) is 0 Å². The topological polar surface area (TPSA) is 76.7 Å². The van der Waals surface area contributed by atoms with E-state index in [1.165, 1.54) is 38.3 Å². The van der Waals surface area contributed by atoms with Crippen molar-refractivity contribution < 1.29 is 32.2 Å². The van der Waals surface area contributed by atoms with Crippen molar-refractivity contribution in [1.82, 2.24) is 0 Å². The maximum atomic E-state index is 13.6. The fraction of sp³-hybridized carbons (Fsp3) is 0.176. The van der Waals surface area contributed by atoms with Gasteiger partial charge in [0, 0.05) is 5.69 Å². The summed E-state index contributed by atoms with van der Waals surface area (Å²) in [4.78, 5) is 23.1. The summed E-state index contributed by atoms with van der Waals surface area (Å²) in [5.74, 6) is -4.99. The number of anilines is 2. The smallest absolute Gasteiger partial charge is 0.411 e. The second kappa shape index (κ2) is 8.24. The van der Waals surface area contributed by atoms with Gasteiger partial charge < -0.3 is 14.8 Å². The van der Waals surface area contributed by atoms with E-state index in [1.54, 1.807) is 0 Å². The van der Waals surface area contributed by atoms with Gasteiger partial charge in [0.2, 0.25) is 0 Å². The summed E-state index contributed by atoms with van der Waals surface area (Å²) >= 11 is 0. The van der Waals surface area contributed by atoms with Crippen LogP contribution < -0.4 is 15.4 Å². The van der Waals surface area contributed by atoms with Crippen LogP contribution in [0.25, 0.3) is 0 Å². The molecule has 0 radical (unpaired) electrons. The number of hydrogen-bond acceptors (Lipinski definition) is 4. The highest BCUT2D eigenvalue weighted by molar-refractivity contribution is 5.94. The van der Waals surface area contributed by atoms with Gasteiger partial charge in [-0.3, -0.25) is 10.1 Å². The van der Waals surface area contributed by atoms with Crippen molar-refractivity contribution in [3.8, 4) is 5.75 Å². The van der Waals surface area contributed by atoms with E-state index in [1.807, 2.05) is 0 Å². The lowest BCUT2D eigenvalue weighted by molar-refractivity contribution is -0.122. The quantitative estimate of drug-likeness (QED) is 0.790. The van der Waals surface area contributed by atoms with E-state index in [9.17, 15) is 22.8 Å². The number of methoxy groups -OCH3 is 1. The van der Waals surface area contributed by atoms with E-state index in [0.717, 1.165) is 6.07 Å². The minimum absolute atomic E-state index is 0.300. The van der Waals surface area contributed by atoms with Crippen LogP contribution in [0.2, 0.25) is 0 Å². The standard InChI is InChI=1S/C17H15F3N2O4/c1-9(16(23)22-13-8-7-12(18)14(19)15(13)20)26-11-5-3-10(4-6-11)21-17(24)25-2/h3-9H,1-2H3,(H,21,24)(H,22,23). The first-order chi connectivity index (χ1) is 12.3. The molecule has 138 valence electrons. The molecule has 26 heavy (non-hydrogen) atoms. The third kappa shape index (κ3) is 4.65. The molecule has 0 saturated carbocycles. The number of rotatable bonds is 5. The molecule has 0 heterocycles. The van der Waals surface area contributed by atoms with Crippen molar-refractivity contribution in [2.24, 2.45) is 0 Å². The summed E-state index contributed by atoms with van der Waals surface area (Å²) in [7, 11) is 1.23. The molecule has 2 aromatic carbocycles. The molecule has 2 N–H and O–H groups in total. The van der Waals surface area contributed by atoms with E-state index in [2.05, 4.69) is 15.4 Å². The third-order valence-electron chi connectivity index (χ3n) is 3.26. The first-order valence-electron chi connectivity index (χ1n) is 7.38. The molecule has 9 heteroatoms. The Hall–Kier alpha value is -3.23. The average Bonchev–Trinajstić information content (AvgIpc) is 2.63. The Bertz CT molecular complexity index is 812. The van der Waals surface area contributed by atoms with Crippen LogP contribution in [0.5, 0.6) is 5.75 Å². The largest absolute Gasteiger partial charge is 0.481 e. The molecular weight excluding hydrogens is 353 g/mol. The molecule has 0 aliphatic heterocycles. The van der Waals surface area contributed by atoms with Gasteiger partial charge >= 0.3 is 6.09 Å². The lowest BCUT2D eigenvalue weighted by Crippen LogP contribution is -2.30. The number of nitrogens with one attached hydrogen (secondary N) is 2. The van der Waals surface area contributed by atoms with E-state index in [-0.39, 0.29) is 0 Å². The van der Waals surface area contributed by atoms with Crippen molar-refractivity contribution >= 4 is 23.4 Å². The predicted molar refractivity (Wildman–Crippen MR) is 87.5 cm³/mol. The van der Waals surface area contributed by atoms with E-state index >= 15 is 0 Å². The van der Waals surface area contributed by atoms with Gasteiger partial charge in [-0.05, 0) is 43.3 Å². The summed E-state index contributed by atoms with van der Waals surface area (Å²) in [5.41, 5.74) is -0.0489. The molecule has 0 aromatic heterocycles. The molecule has 1 unspecified atom stereocenters. The van der Waals surface area contributed by atoms with Crippen LogP contribution >= 0.6 is 0 Å². The lowest BCUT2D eigenvalue weighted by Gasteiger charge is -2.15. The van der Waals surface area contributed by atoms with E-state index in [0.29, 0.717) is 17.5 Å². The van der Waals surface area contributed by atoms with Crippen LogP contribution in [0.15, 0.2) is 36.4 Å². The third-order valence-corrected chi connectivity index (χ3v) is 3.26. The number of halogens is 3. The molecule has 0 saturated heterocycles. The summed E-state index contributed by atoms with van der Waals surface area (Å²) in [6, 6.07) is 7.64. The van der Waals surface area contributed by atoms with Gasteiger partial charge in [-0.15, -0.1) is 0 Å². The molecular formula is C17H15F3N2O4. The van der Waals surface area contributed by atoms with Gasteiger partial charge in [-0.25, -0.2) is 18.0 Å². The Labute approximate surface area is 146 Å². The predicted octanol–water partition coefficient (Wildman–Crippen LogP) is 3.69. The fourth-order valence-electron chi connectivity index (χ4n) is 1.90. The molecule has 0 spiro atoms. The van der Waals surface area contributed by atoms with Crippen LogP contribution in [0.1, 0.15) is 6.92 Å². The lowest BCUT2D eigenvalue weighted by atomic mass is 10.2. The van der Waals surface area contributed by atoms with Gasteiger partial charge in [0.1, 0.15) is 5.75 Å². The normalized spacial score (nSPS) is 11.4. The molecule has 0 aliphatic carbocycles. The summed E-state index contributed by atoms with van der Waals surface area (Å²) in [5, 5.41) is 4.56. The van der Waals surface area contributed by atoms with Crippen LogP contribution in [0, 0.1) is 17.5 Å². The Balaban J connectivity index is 1.99. The number of hydrogen-bond donors (Lipinski definition) is 2. The number of ether oxygens (including phenoxy) is 2. The molecule has 0 aliphatic rings. The summed E-state index contributed by atoms with van der Waals surface area (Å²) in [6.45, 7) is 1.40. The summed E-state index contributed by atoms with van der Waals surface area (Å²) < 4.78 is 49.5. The minimum Gasteiger partial charge on any atom is -0.481 e. The van der Waals surface area contributed by atoms with Crippen molar-refractivity contribution in [1.29, 1.82) is 0 Å². The van der Waals surface area contributed by atoms with Gasteiger partial charge in [0.05, 0.1) is 12.8 Å². The van der Waals surface area contributed by atoms with Gasteiger partial charge in [0.15, 0.2) is 23.6 Å². The Morgan fingerprint density at radius 3 is 2.23 bits per heavy atom. The zero-order chi connectivity index (χ0) is 19.3. The molecule has 6 nitrogen and oxygen atoms in total. The molecule has 1 atom stereocenters. The van der Waals surface area contributed by atoms with Crippen LogP contribution in [-0.4, -0.2) is 25.2 Å². The maximum Gasteiger partial charge on any atom is 0.411 e. The minimum atomic E-state index is -1.68. The molecule has 2 amide bonds. The second-order valence-corrected chi connectivity index (χ2v) is 5.11. The fourth-order valence-corrected chi connectivity index (χ4v) is 1.90. The zero-order valence-electron chi connectivity index (χ0n) is 13.8. The van der Waals surface area contributed by atoms with Gasteiger partial charge in [-0.2, -0.15) is 0 Å². The molecule has 0 fully saturated rings. The van der Waals surface area contributed by atoms with Crippen LogP contribution in [0.4, 0.5) is 29.3 Å². The Morgan fingerprint density at radius 2 is 1.62 bits per heavy atom. The highest BCUT2D eigenvalue weighted by atomic mass is 19.2. The SMILES string of the molecule is COC(=O)Nc1ccc(OC(C)C(=O)Nc2ccc(F)c(F)c2F)cc1. The Kier molecular flexibility index (Phi) is 6.05. The highest BCUT2D eigenvalue weighted by Crippen LogP contribution is 2.21. The zero-order valence-corrected chi connectivity index (χ0v) is 13.8. The van der Waals surface area contributed by atoms with Crippen molar-refractivity contribution in [2.75, 3.05) is 17.7 Å². The molecule has 2 aromatic rings. The van der Waals surface area contributed by atoms with Gasteiger partial charge in [-0.1, -0.05) is 0 Å². The number of carbonyl (C=O) groups excluding carboxylic acids is 2. The first-order valence-corrected chi connectivity index (χ1v) is 7.38. The maximum absolute atomic E-state index is 13.6. The number of benzene rings is 2. The van der Waals surface area contributed by atoms with Crippen LogP contribution in [-0.2, 0) is 9.53 Å². The Morgan fingerprint density at radius 1 is 0.962 bits per heavy atom. The molecule has 0 bridgehead atoms. The average molecular weight is 368 g/mol.